The van der Waals surface area contributed by atoms with E-state index in [1.165, 1.54) is 0 Å². The average molecular weight is 405 g/mol. The topological polar surface area (TPSA) is 88.4 Å². The van der Waals surface area contributed by atoms with E-state index in [-0.39, 0.29) is 10.7 Å². The first kappa shape index (κ1) is 19.2. The molecule has 2 aromatic rings. The number of rotatable bonds is 4. The number of methoxy groups -OCH3 is 2. The van der Waals surface area contributed by atoms with Crippen LogP contribution in [-0.2, 0) is 9.73 Å². The molecule has 1 saturated carbocycles. The van der Waals surface area contributed by atoms with E-state index in [0.717, 1.165) is 61.9 Å². The number of piperidine rings is 1. The minimum absolute atomic E-state index is 0.0515. The van der Waals surface area contributed by atoms with Gasteiger partial charge in [0.25, 0.3) is 0 Å². The van der Waals surface area contributed by atoms with Gasteiger partial charge in [-0.05, 0) is 43.6 Å². The first-order valence-corrected chi connectivity index (χ1v) is 11.7. The van der Waals surface area contributed by atoms with Crippen LogP contribution in [-0.4, -0.2) is 53.0 Å². The summed E-state index contributed by atoms with van der Waals surface area (Å²) in [5.41, 5.74) is 1.08. The second-order valence-electron chi connectivity index (χ2n) is 8.18. The number of fused-ring (bicyclic) bond motifs is 1. The fourth-order valence-corrected chi connectivity index (χ4v) is 6.05. The summed E-state index contributed by atoms with van der Waals surface area (Å²) in [6, 6.07) is 3.84. The molecule has 1 spiro atoms. The summed E-state index contributed by atoms with van der Waals surface area (Å²) < 4.78 is 31.0. The van der Waals surface area contributed by atoms with E-state index in [1.54, 1.807) is 26.8 Å². The molecule has 0 radical (unpaired) electrons. The molecule has 2 unspecified atom stereocenters. The summed E-state index contributed by atoms with van der Waals surface area (Å²) in [7, 11) is 0.806. The van der Waals surface area contributed by atoms with E-state index in [0.29, 0.717) is 11.5 Å². The van der Waals surface area contributed by atoms with Crippen LogP contribution in [0.15, 0.2) is 18.5 Å². The molecule has 2 aliphatic rings. The van der Waals surface area contributed by atoms with Gasteiger partial charge in [-0.2, -0.15) is 0 Å². The Morgan fingerprint density at radius 3 is 2.43 bits per heavy atom. The lowest BCUT2D eigenvalue weighted by atomic mass is 9.77. The van der Waals surface area contributed by atoms with Crippen molar-refractivity contribution in [2.75, 3.05) is 38.5 Å². The van der Waals surface area contributed by atoms with Crippen molar-refractivity contribution in [2.45, 2.75) is 37.4 Å². The third kappa shape index (κ3) is 3.38. The van der Waals surface area contributed by atoms with Crippen LogP contribution in [0.2, 0.25) is 0 Å². The maximum Gasteiger partial charge on any atom is 0.162 e. The van der Waals surface area contributed by atoms with Crippen LogP contribution in [0.5, 0.6) is 11.5 Å². The number of benzene rings is 1. The molecule has 7 nitrogen and oxygen atoms in total. The van der Waals surface area contributed by atoms with Crippen molar-refractivity contribution >= 4 is 26.4 Å². The number of hydrogen-bond acceptors (Lipinski definition) is 7. The molecule has 2 fully saturated rings. The van der Waals surface area contributed by atoms with Crippen molar-refractivity contribution < 1.29 is 13.7 Å². The Balaban J connectivity index is 1.58. The molecule has 1 aliphatic carbocycles. The van der Waals surface area contributed by atoms with Gasteiger partial charge in [-0.3, -0.25) is 4.78 Å². The Morgan fingerprint density at radius 1 is 1.14 bits per heavy atom. The lowest BCUT2D eigenvalue weighted by Crippen LogP contribution is -2.40. The van der Waals surface area contributed by atoms with Crippen molar-refractivity contribution in [1.82, 2.24) is 9.97 Å². The molecule has 28 heavy (non-hydrogen) atoms. The summed E-state index contributed by atoms with van der Waals surface area (Å²) in [5, 5.41) is 1.01. The molecule has 1 saturated heterocycles. The summed E-state index contributed by atoms with van der Waals surface area (Å²) in [4.78, 5) is 11.3. The molecule has 152 valence electrons. The van der Waals surface area contributed by atoms with Gasteiger partial charge >= 0.3 is 0 Å². The standard InChI is InChI=1S/C20H28N4O3S/c1-26-17-10-15-16(11-18(17)27-2)22-13-23-19(15)24-8-6-20(7-9-24)5-4-14(12-20)28(3,21)25/h10-11,13-14,21H,4-9,12H2,1-3H3. The lowest BCUT2D eigenvalue weighted by Gasteiger charge is -2.40. The molecule has 8 heteroatoms. The third-order valence-electron chi connectivity index (χ3n) is 6.54. The zero-order chi connectivity index (χ0) is 19.9. The van der Waals surface area contributed by atoms with Crippen molar-refractivity contribution in [3.05, 3.63) is 18.5 Å². The van der Waals surface area contributed by atoms with Crippen LogP contribution in [0.1, 0.15) is 32.1 Å². The number of nitrogens with one attached hydrogen (secondary N) is 1. The second kappa shape index (κ2) is 7.06. The van der Waals surface area contributed by atoms with E-state index < -0.39 is 9.73 Å². The summed E-state index contributed by atoms with van der Waals surface area (Å²) in [5.74, 6) is 2.26. The molecule has 0 amide bonds. The fraction of sp³-hybridized carbons (Fsp3) is 0.600. The quantitative estimate of drug-likeness (QED) is 0.839. The Bertz CT molecular complexity index is 984. The molecular weight excluding hydrogens is 376 g/mol. The van der Waals surface area contributed by atoms with Crippen LogP contribution < -0.4 is 14.4 Å². The van der Waals surface area contributed by atoms with E-state index in [2.05, 4.69) is 14.9 Å². The highest BCUT2D eigenvalue weighted by Crippen LogP contribution is 2.49. The number of nitrogens with zero attached hydrogens (tertiary/aromatic N) is 3. The Morgan fingerprint density at radius 2 is 1.82 bits per heavy atom. The van der Waals surface area contributed by atoms with Gasteiger partial charge in [-0.25, -0.2) is 14.2 Å². The summed E-state index contributed by atoms with van der Waals surface area (Å²) in [6.07, 6.45) is 8.24. The monoisotopic (exact) mass is 404 g/mol. The molecule has 2 atom stereocenters. The van der Waals surface area contributed by atoms with E-state index in [9.17, 15) is 4.21 Å². The fourth-order valence-electron chi connectivity index (χ4n) is 4.81. The van der Waals surface area contributed by atoms with Crippen LogP contribution in [0.4, 0.5) is 5.82 Å². The number of aromatic nitrogens is 2. The minimum Gasteiger partial charge on any atom is -0.493 e. The number of anilines is 1. The van der Waals surface area contributed by atoms with E-state index in [1.807, 2.05) is 12.1 Å². The Hall–Kier alpha value is -2.09. The van der Waals surface area contributed by atoms with Gasteiger partial charge in [0.05, 0.1) is 19.7 Å². The third-order valence-corrected chi connectivity index (χ3v) is 8.21. The molecule has 0 bridgehead atoms. The SMILES string of the molecule is COc1cc2ncnc(N3CCC4(CCC(S(C)(=N)=O)C4)CC3)c2cc1OC. The van der Waals surface area contributed by atoms with Crippen molar-refractivity contribution in [1.29, 1.82) is 4.78 Å². The van der Waals surface area contributed by atoms with Gasteiger partial charge in [-0.1, -0.05) is 0 Å². The molecule has 4 rings (SSSR count). The Kier molecular flexibility index (Phi) is 4.85. The van der Waals surface area contributed by atoms with Crippen LogP contribution >= 0.6 is 0 Å². The lowest BCUT2D eigenvalue weighted by molar-refractivity contribution is 0.226. The average Bonchev–Trinajstić information content (AvgIpc) is 3.11. The minimum atomic E-state index is -2.45. The maximum absolute atomic E-state index is 12.2. The highest BCUT2D eigenvalue weighted by Gasteiger charge is 2.43. The van der Waals surface area contributed by atoms with Crippen LogP contribution in [0, 0.1) is 10.2 Å². The van der Waals surface area contributed by atoms with Crippen molar-refractivity contribution in [3.8, 4) is 11.5 Å². The number of hydrogen-bond donors (Lipinski definition) is 1. The first-order valence-electron chi connectivity index (χ1n) is 9.69. The predicted molar refractivity (Wildman–Crippen MR) is 111 cm³/mol. The largest absolute Gasteiger partial charge is 0.493 e. The molecule has 1 aromatic carbocycles. The van der Waals surface area contributed by atoms with Gasteiger partial charge < -0.3 is 14.4 Å². The van der Waals surface area contributed by atoms with Gasteiger partial charge in [0.1, 0.15) is 12.1 Å². The van der Waals surface area contributed by atoms with Gasteiger partial charge in [0, 0.05) is 45.8 Å². The van der Waals surface area contributed by atoms with Gasteiger partial charge in [0.15, 0.2) is 11.5 Å². The normalized spacial score (nSPS) is 23.7. The smallest absolute Gasteiger partial charge is 0.162 e. The first-order chi connectivity index (χ1) is 13.3. The number of ether oxygens (including phenoxy) is 2. The molecule has 1 aliphatic heterocycles. The Labute approximate surface area is 166 Å². The van der Waals surface area contributed by atoms with Crippen LogP contribution in [0.25, 0.3) is 10.9 Å². The zero-order valence-corrected chi connectivity index (χ0v) is 17.6. The molecule has 1 aromatic heterocycles. The molecule has 1 N–H and O–H groups in total. The molecule has 2 heterocycles. The highest BCUT2D eigenvalue weighted by molar-refractivity contribution is 7.92. The van der Waals surface area contributed by atoms with Crippen molar-refractivity contribution in [3.63, 3.8) is 0 Å². The van der Waals surface area contributed by atoms with Crippen molar-refractivity contribution in [2.24, 2.45) is 5.41 Å². The second-order valence-corrected chi connectivity index (χ2v) is 10.7. The predicted octanol–water partition coefficient (Wildman–Crippen LogP) is 3.46. The van der Waals surface area contributed by atoms with Gasteiger partial charge in [0.2, 0.25) is 0 Å². The summed E-state index contributed by atoms with van der Waals surface area (Å²) >= 11 is 0. The highest BCUT2D eigenvalue weighted by atomic mass is 32.2. The zero-order valence-electron chi connectivity index (χ0n) is 16.7. The van der Waals surface area contributed by atoms with Crippen LogP contribution in [0.3, 0.4) is 0 Å². The van der Waals surface area contributed by atoms with E-state index in [4.69, 9.17) is 14.3 Å². The maximum atomic E-state index is 12.2. The van der Waals surface area contributed by atoms with Gasteiger partial charge in [-0.15, -0.1) is 0 Å². The summed E-state index contributed by atoms with van der Waals surface area (Å²) in [6.45, 7) is 1.83. The van der Waals surface area contributed by atoms with E-state index >= 15 is 0 Å². The molecular formula is C20H28N4O3S.